The lowest BCUT2D eigenvalue weighted by molar-refractivity contribution is 0.688. The number of nitrogens with one attached hydrogen (secondary N) is 1. The molecule has 1 fully saturated rings. The van der Waals surface area contributed by atoms with Crippen LogP contribution in [0, 0.1) is 18.3 Å². The van der Waals surface area contributed by atoms with Crippen LogP contribution in [0.25, 0.3) is 11.1 Å². The van der Waals surface area contributed by atoms with E-state index in [9.17, 15) is 0 Å². The minimum Gasteiger partial charge on any atom is -0.310 e. The molecule has 0 unspecified atom stereocenters. The van der Waals surface area contributed by atoms with Crippen molar-refractivity contribution in [2.75, 3.05) is 0 Å². The van der Waals surface area contributed by atoms with E-state index in [1.165, 1.54) is 29.5 Å². The number of rotatable bonds is 4. The number of aryl methyl sites for hydroxylation is 1. The third-order valence-corrected chi connectivity index (χ3v) is 3.73. The smallest absolute Gasteiger partial charge is 0.0991 e. The average molecular weight is 262 g/mol. The molecular weight excluding hydrogens is 244 g/mol. The molecule has 1 saturated carbocycles. The first-order valence-electron chi connectivity index (χ1n) is 7.10. The van der Waals surface area contributed by atoms with Gasteiger partial charge in [0.05, 0.1) is 11.6 Å². The van der Waals surface area contributed by atoms with Gasteiger partial charge in [0.25, 0.3) is 0 Å². The lowest BCUT2D eigenvalue weighted by Gasteiger charge is -2.12. The van der Waals surface area contributed by atoms with Crippen molar-refractivity contribution >= 4 is 0 Å². The summed E-state index contributed by atoms with van der Waals surface area (Å²) in [6.45, 7) is 3.01. The van der Waals surface area contributed by atoms with E-state index in [0.29, 0.717) is 11.6 Å². The van der Waals surface area contributed by atoms with Crippen LogP contribution in [0.3, 0.4) is 0 Å². The summed E-state index contributed by atoms with van der Waals surface area (Å²) < 4.78 is 0. The summed E-state index contributed by atoms with van der Waals surface area (Å²) >= 11 is 0. The molecule has 2 heteroatoms. The van der Waals surface area contributed by atoms with Crippen molar-refractivity contribution in [3.8, 4) is 17.2 Å². The lowest BCUT2D eigenvalue weighted by Crippen LogP contribution is -2.15. The summed E-state index contributed by atoms with van der Waals surface area (Å²) in [5.74, 6) is 0. The normalized spacial score (nSPS) is 14.0. The monoisotopic (exact) mass is 262 g/mol. The molecule has 100 valence electrons. The zero-order valence-corrected chi connectivity index (χ0v) is 11.7. The molecule has 0 atom stereocenters. The Hall–Kier alpha value is -2.11. The SMILES string of the molecule is Cc1ccc(CNC2CC2)c(-c2cccc(C#N)c2)c1. The Labute approximate surface area is 120 Å². The molecule has 0 aliphatic heterocycles. The van der Waals surface area contributed by atoms with Gasteiger partial charge < -0.3 is 5.32 Å². The van der Waals surface area contributed by atoms with Gasteiger partial charge in [-0.25, -0.2) is 0 Å². The number of benzene rings is 2. The molecule has 2 nitrogen and oxygen atoms in total. The van der Waals surface area contributed by atoms with Crippen LogP contribution >= 0.6 is 0 Å². The van der Waals surface area contributed by atoms with E-state index in [2.05, 4.69) is 42.6 Å². The van der Waals surface area contributed by atoms with Crippen molar-refractivity contribution in [3.05, 3.63) is 59.2 Å². The second-order valence-electron chi connectivity index (χ2n) is 5.51. The molecule has 0 bridgehead atoms. The predicted octanol–water partition coefficient (Wildman–Crippen LogP) is 3.79. The predicted molar refractivity (Wildman–Crippen MR) is 81.2 cm³/mol. The van der Waals surface area contributed by atoms with Crippen LogP contribution in [0.15, 0.2) is 42.5 Å². The Morgan fingerprint density at radius 1 is 1.20 bits per heavy atom. The highest BCUT2D eigenvalue weighted by molar-refractivity contribution is 5.69. The van der Waals surface area contributed by atoms with Gasteiger partial charge in [0, 0.05) is 12.6 Å². The Balaban J connectivity index is 1.96. The standard InChI is InChI=1S/C18H18N2/c1-13-5-6-16(12-20-17-7-8-17)18(9-13)15-4-2-3-14(10-15)11-19/h2-6,9-10,17,20H,7-8,12H2,1H3. The van der Waals surface area contributed by atoms with E-state index in [1.807, 2.05) is 18.2 Å². The van der Waals surface area contributed by atoms with Crippen LogP contribution < -0.4 is 5.32 Å². The van der Waals surface area contributed by atoms with Crippen LogP contribution in [-0.2, 0) is 6.54 Å². The van der Waals surface area contributed by atoms with Crippen LogP contribution in [-0.4, -0.2) is 6.04 Å². The fourth-order valence-corrected chi connectivity index (χ4v) is 2.41. The van der Waals surface area contributed by atoms with Gasteiger partial charge in [-0.1, -0.05) is 35.9 Å². The van der Waals surface area contributed by atoms with Gasteiger partial charge in [0.2, 0.25) is 0 Å². The molecule has 0 spiro atoms. The highest BCUT2D eigenvalue weighted by Crippen LogP contribution is 2.27. The van der Waals surface area contributed by atoms with Gasteiger partial charge >= 0.3 is 0 Å². The van der Waals surface area contributed by atoms with Crippen molar-refractivity contribution in [1.82, 2.24) is 5.32 Å². The summed E-state index contributed by atoms with van der Waals surface area (Å²) in [6.07, 6.45) is 2.59. The van der Waals surface area contributed by atoms with Gasteiger partial charge in [0.1, 0.15) is 0 Å². The molecule has 0 radical (unpaired) electrons. The minimum atomic E-state index is 0.703. The molecule has 2 aromatic carbocycles. The molecule has 0 aromatic heterocycles. The minimum absolute atomic E-state index is 0.703. The first kappa shape index (κ1) is 12.9. The van der Waals surface area contributed by atoms with Gasteiger partial charge in [-0.3, -0.25) is 0 Å². The van der Waals surface area contributed by atoms with Crippen molar-refractivity contribution in [3.63, 3.8) is 0 Å². The third-order valence-electron chi connectivity index (χ3n) is 3.73. The largest absolute Gasteiger partial charge is 0.310 e. The Morgan fingerprint density at radius 2 is 2.05 bits per heavy atom. The molecule has 1 aliphatic carbocycles. The summed E-state index contributed by atoms with van der Waals surface area (Å²) in [6, 6.07) is 17.3. The molecule has 0 saturated heterocycles. The Morgan fingerprint density at radius 3 is 2.80 bits per heavy atom. The molecule has 0 amide bonds. The van der Waals surface area contributed by atoms with Crippen LogP contribution in [0.4, 0.5) is 0 Å². The number of nitrogens with zero attached hydrogens (tertiary/aromatic N) is 1. The maximum Gasteiger partial charge on any atom is 0.0991 e. The summed E-state index contributed by atoms with van der Waals surface area (Å²) in [4.78, 5) is 0. The van der Waals surface area contributed by atoms with E-state index in [1.54, 1.807) is 0 Å². The van der Waals surface area contributed by atoms with E-state index >= 15 is 0 Å². The highest BCUT2D eigenvalue weighted by atomic mass is 14.9. The number of hydrogen-bond donors (Lipinski definition) is 1. The van der Waals surface area contributed by atoms with E-state index in [0.717, 1.165) is 12.1 Å². The molecule has 0 heterocycles. The lowest BCUT2D eigenvalue weighted by atomic mass is 9.96. The molecule has 1 aliphatic rings. The van der Waals surface area contributed by atoms with Crippen LogP contribution in [0.1, 0.15) is 29.5 Å². The average Bonchev–Trinajstić information content (AvgIpc) is 3.30. The van der Waals surface area contributed by atoms with Gasteiger partial charge in [-0.15, -0.1) is 0 Å². The third kappa shape index (κ3) is 2.89. The summed E-state index contributed by atoms with van der Waals surface area (Å²) in [5, 5.41) is 12.6. The van der Waals surface area contributed by atoms with E-state index in [4.69, 9.17) is 5.26 Å². The Kier molecular flexibility index (Phi) is 3.54. The van der Waals surface area contributed by atoms with Crippen molar-refractivity contribution < 1.29 is 0 Å². The van der Waals surface area contributed by atoms with Crippen LogP contribution in [0.5, 0.6) is 0 Å². The quantitative estimate of drug-likeness (QED) is 0.910. The topological polar surface area (TPSA) is 35.8 Å². The van der Waals surface area contributed by atoms with Gasteiger partial charge in [-0.05, 0) is 48.6 Å². The van der Waals surface area contributed by atoms with E-state index < -0.39 is 0 Å². The maximum atomic E-state index is 9.05. The first-order chi connectivity index (χ1) is 9.76. The molecule has 20 heavy (non-hydrogen) atoms. The summed E-state index contributed by atoms with van der Waals surface area (Å²) in [5.41, 5.74) is 5.62. The van der Waals surface area contributed by atoms with Gasteiger partial charge in [0.15, 0.2) is 0 Å². The molecule has 3 rings (SSSR count). The molecule has 2 aromatic rings. The maximum absolute atomic E-state index is 9.05. The van der Waals surface area contributed by atoms with Crippen molar-refractivity contribution in [2.45, 2.75) is 32.4 Å². The summed E-state index contributed by atoms with van der Waals surface area (Å²) in [7, 11) is 0. The second-order valence-corrected chi connectivity index (χ2v) is 5.51. The fourth-order valence-electron chi connectivity index (χ4n) is 2.41. The second kappa shape index (κ2) is 5.48. The highest BCUT2D eigenvalue weighted by Gasteiger charge is 2.20. The Bertz CT molecular complexity index is 663. The van der Waals surface area contributed by atoms with Gasteiger partial charge in [-0.2, -0.15) is 5.26 Å². The molecular formula is C18H18N2. The van der Waals surface area contributed by atoms with Crippen molar-refractivity contribution in [1.29, 1.82) is 5.26 Å². The number of nitriles is 1. The first-order valence-corrected chi connectivity index (χ1v) is 7.10. The zero-order chi connectivity index (χ0) is 13.9. The van der Waals surface area contributed by atoms with Crippen LogP contribution in [0.2, 0.25) is 0 Å². The fraction of sp³-hybridized carbons (Fsp3) is 0.278. The molecule has 1 N–H and O–H groups in total. The van der Waals surface area contributed by atoms with Crippen molar-refractivity contribution in [2.24, 2.45) is 0 Å². The van der Waals surface area contributed by atoms with E-state index in [-0.39, 0.29) is 0 Å². The number of hydrogen-bond acceptors (Lipinski definition) is 2. The zero-order valence-electron chi connectivity index (χ0n) is 11.7.